The number of para-hydroxylation sites is 1. The van der Waals surface area contributed by atoms with Crippen molar-refractivity contribution in [2.75, 3.05) is 12.4 Å². The number of benzene rings is 2. The van der Waals surface area contributed by atoms with Crippen molar-refractivity contribution in [2.45, 2.75) is 13.0 Å². The van der Waals surface area contributed by atoms with E-state index in [1.165, 1.54) is 29.5 Å². The Balaban J connectivity index is 1.55. The highest BCUT2D eigenvalue weighted by Crippen LogP contribution is 2.19. The number of amides is 2. The van der Waals surface area contributed by atoms with Crippen molar-refractivity contribution in [3.8, 4) is 5.75 Å². The van der Waals surface area contributed by atoms with Crippen molar-refractivity contribution in [3.63, 3.8) is 0 Å². The molecule has 3 aromatic rings. The van der Waals surface area contributed by atoms with Crippen molar-refractivity contribution >= 4 is 28.3 Å². The smallest absolute Gasteiger partial charge is 0.260 e. The molecule has 6 nitrogen and oxygen atoms in total. The average Bonchev–Trinajstić information content (AvgIpc) is 3.13. The first-order valence-corrected chi connectivity index (χ1v) is 9.33. The third-order valence-corrected chi connectivity index (χ3v) is 4.71. The normalized spacial score (nSPS) is 10.4. The van der Waals surface area contributed by atoms with E-state index in [9.17, 15) is 14.0 Å². The van der Waals surface area contributed by atoms with Crippen LogP contribution in [0.15, 0.2) is 53.9 Å². The molecule has 28 heavy (non-hydrogen) atoms. The highest BCUT2D eigenvalue weighted by Gasteiger charge is 2.14. The number of nitrogens with one attached hydrogen (secondary N) is 2. The first kappa shape index (κ1) is 19.5. The first-order chi connectivity index (χ1) is 13.6. The summed E-state index contributed by atoms with van der Waals surface area (Å²) in [7, 11) is 1.58. The van der Waals surface area contributed by atoms with Gasteiger partial charge in [0, 0.05) is 17.5 Å². The highest BCUT2D eigenvalue weighted by molar-refractivity contribution is 7.14. The predicted molar refractivity (Wildman–Crippen MR) is 105 cm³/mol. The molecule has 0 aliphatic carbocycles. The van der Waals surface area contributed by atoms with Crippen molar-refractivity contribution in [1.29, 1.82) is 0 Å². The van der Waals surface area contributed by atoms with Crippen LogP contribution in [-0.4, -0.2) is 23.9 Å². The van der Waals surface area contributed by atoms with Gasteiger partial charge in [-0.15, -0.1) is 11.3 Å². The number of halogens is 1. The van der Waals surface area contributed by atoms with Gasteiger partial charge in [-0.1, -0.05) is 30.3 Å². The topological polar surface area (TPSA) is 80.3 Å². The predicted octanol–water partition coefficient (Wildman–Crippen LogP) is 3.40. The molecule has 0 bridgehead atoms. The van der Waals surface area contributed by atoms with Gasteiger partial charge in [0.25, 0.3) is 5.91 Å². The quantitative estimate of drug-likeness (QED) is 0.638. The number of carbonyl (C=O) groups is 2. The highest BCUT2D eigenvalue weighted by atomic mass is 32.1. The molecule has 0 atom stereocenters. The molecule has 0 saturated heterocycles. The summed E-state index contributed by atoms with van der Waals surface area (Å²) in [6, 6.07) is 13.1. The SMILES string of the molecule is COc1ccccc1CNC(=O)Cc1csc(NC(=O)c2ccccc2F)n1. The van der Waals surface area contributed by atoms with E-state index in [1.807, 2.05) is 24.3 Å². The lowest BCUT2D eigenvalue weighted by Crippen LogP contribution is -2.25. The molecular formula is C20H18FN3O3S. The van der Waals surface area contributed by atoms with Gasteiger partial charge >= 0.3 is 0 Å². The van der Waals surface area contributed by atoms with Crippen LogP contribution in [0.4, 0.5) is 9.52 Å². The molecule has 144 valence electrons. The monoisotopic (exact) mass is 399 g/mol. The first-order valence-electron chi connectivity index (χ1n) is 8.45. The fourth-order valence-corrected chi connectivity index (χ4v) is 3.23. The minimum atomic E-state index is -0.604. The fraction of sp³-hybridized carbons (Fsp3) is 0.150. The number of rotatable bonds is 7. The van der Waals surface area contributed by atoms with E-state index in [4.69, 9.17) is 4.74 Å². The number of nitrogens with zero attached hydrogens (tertiary/aromatic N) is 1. The molecule has 2 N–H and O–H groups in total. The van der Waals surface area contributed by atoms with E-state index < -0.39 is 11.7 Å². The van der Waals surface area contributed by atoms with Gasteiger partial charge in [0.2, 0.25) is 5.91 Å². The lowest BCUT2D eigenvalue weighted by molar-refractivity contribution is -0.120. The molecule has 0 spiro atoms. The van der Waals surface area contributed by atoms with E-state index in [0.29, 0.717) is 23.1 Å². The second-order valence-corrected chi connectivity index (χ2v) is 6.70. The fourth-order valence-electron chi connectivity index (χ4n) is 2.53. The summed E-state index contributed by atoms with van der Waals surface area (Å²) in [6.07, 6.45) is 0.0707. The molecule has 0 saturated carbocycles. The van der Waals surface area contributed by atoms with Gasteiger partial charge in [-0.2, -0.15) is 0 Å². The molecular weight excluding hydrogens is 381 g/mol. The van der Waals surface area contributed by atoms with Crippen LogP contribution in [0.1, 0.15) is 21.6 Å². The van der Waals surface area contributed by atoms with Gasteiger partial charge in [-0.05, 0) is 18.2 Å². The summed E-state index contributed by atoms with van der Waals surface area (Å²) >= 11 is 1.18. The third kappa shape index (κ3) is 4.92. The van der Waals surface area contributed by atoms with Gasteiger partial charge in [0.1, 0.15) is 11.6 Å². The Morgan fingerprint density at radius 1 is 1.14 bits per heavy atom. The number of hydrogen-bond acceptors (Lipinski definition) is 5. The maximum absolute atomic E-state index is 13.7. The molecule has 0 fully saturated rings. The van der Waals surface area contributed by atoms with Crippen LogP contribution < -0.4 is 15.4 Å². The molecule has 0 unspecified atom stereocenters. The Kier molecular flexibility index (Phi) is 6.33. The van der Waals surface area contributed by atoms with E-state index in [0.717, 1.165) is 5.56 Å². The van der Waals surface area contributed by atoms with Gasteiger partial charge in [-0.3, -0.25) is 14.9 Å². The van der Waals surface area contributed by atoms with Crippen molar-refractivity contribution in [2.24, 2.45) is 0 Å². The van der Waals surface area contributed by atoms with Crippen LogP contribution in [0.25, 0.3) is 0 Å². The summed E-state index contributed by atoms with van der Waals surface area (Å²) in [5, 5.41) is 7.35. The maximum Gasteiger partial charge on any atom is 0.260 e. The van der Waals surface area contributed by atoms with E-state index in [1.54, 1.807) is 18.6 Å². The Morgan fingerprint density at radius 2 is 1.89 bits per heavy atom. The second-order valence-electron chi connectivity index (χ2n) is 5.84. The van der Waals surface area contributed by atoms with Gasteiger partial charge in [0.15, 0.2) is 5.13 Å². The summed E-state index contributed by atoms with van der Waals surface area (Å²) in [6.45, 7) is 0.337. The summed E-state index contributed by atoms with van der Waals surface area (Å²) in [4.78, 5) is 28.5. The van der Waals surface area contributed by atoms with Crippen LogP contribution in [0.3, 0.4) is 0 Å². The van der Waals surface area contributed by atoms with Gasteiger partial charge in [0.05, 0.1) is 24.8 Å². The molecule has 2 amide bonds. The zero-order valence-electron chi connectivity index (χ0n) is 15.1. The number of anilines is 1. The van der Waals surface area contributed by atoms with Gasteiger partial charge in [-0.25, -0.2) is 9.37 Å². The van der Waals surface area contributed by atoms with Crippen molar-refractivity contribution in [1.82, 2.24) is 10.3 Å². The Labute approximate surface area is 165 Å². The number of carbonyl (C=O) groups excluding carboxylic acids is 2. The van der Waals surface area contributed by atoms with Crippen molar-refractivity contribution in [3.05, 3.63) is 76.5 Å². The van der Waals surface area contributed by atoms with Crippen LogP contribution in [0.5, 0.6) is 5.75 Å². The van der Waals surface area contributed by atoms with E-state index in [-0.39, 0.29) is 17.9 Å². The summed E-state index contributed by atoms with van der Waals surface area (Å²) in [5.74, 6) is -0.690. The minimum absolute atomic E-state index is 0.0613. The van der Waals surface area contributed by atoms with Crippen LogP contribution in [-0.2, 0) is 17.8 Å². The average molecular weight is 399 g/mol. The Hall–Kier alpha value is -3.26. The Morgan fingerprint density at radius 3 is 2.68 bits per heavy atom. The summed E-state index contributed by atoms with van der Waals surface area (Å²) in [5.41, 5.74) is 1.33. The number of aromatic nitrogens is 1. The van der Waals surface area contributed by atoms with Crippen LogP contribution in [0.2, 0.25) is 0 Å². The molecule has 8 heteroatoms. The molecule has 0 radical (unpaired) electrons. The van der Waals surface area contributed by atoms with Gasteiger partial charge < -0.3 is 10.1 Å². The number of hydrogen-bond donors (Lipinski definition) is 2. The third-order valence-electron chi connectivity index (χ3n) is 3.90. The number of ether oxygens (including phenoxy) is 1. The number of thiazole rings is 1. The molecule has 1 aromatic heterocycles. The lowest BCUT2D eigenvalue weighted by Gasteiger charge is -2.09. The molecule has 3 rings (SSSR count). The molecule has 2 aromatic carbocycles. The Bertz CT molecular complexity index is 990. The van der Waals surface area contributed by atoms with Crippen LogP contribution in [0, 0.1) is 5.82 Å². The zero-order valence-corrected chi connectivity index (χ0v) is 15.9. The largest absolute Gasteiger partial charge is 0.496 e. The number of methoxy groups -OCH3 is 1. The molecule has 1 heterocycles. The summed E-state index contributed by atoms with van der Waals surface area (Å²) < 4.78 is 18.9. The minimum Gasteiger partial charge on any atom is -0.496 e. The van der Waals surface area contributed by atoms with E-state index in [2.05, 4.69) is 15.6 Å². The zero-order chi connectivity index (χ0) is 19.9. The lowest BCUT2D eigenvalue weighted by atomic mass is 10.2. The van der Waals surface area contributed by atoms with Crippen LogP contribution >= 0.6 is 11.3 Å². The van der Waals surface area contributed by atoms with E-state index >= 15 is 0 Å². The molecule has 0 aliphatic heterocycles. The van der Waals surface area contributed by atoms with Crippen molar-refractivity contribution < 1.29 is 18.7 Å². The second kappa shape index (κ2) is 9.09. The standard InChI is InChI=1S/C20H18FN3O3S/c1-27-17-9-5-2-6-13(17)11-22-18(25)10-14-12-28-20(23-14)24-19(26)15-7-3-4-8-16(15)21/h2-9,12H,10-11H2,1H3,(H,22,25)(H,23,24,26). The maximum atomic E-state index is 13.7. The molecule has 0 aliphatic rings.